The van der Waals surface area contributed by atoms with Crippen LogP contribution in [0.1, 0.15) is 22.6 Å². The Hall–Kier alpha value is -1.32. The molecule has 1 unspecified atom stereocenters. The molecular formula is C16H15BrO2. The van der Waals surface area contributed by atoms with E-state index in [4.69, 9.17) is 4.74 Å². The SMILES string of the molecule is OCc1cccc(Br)c1OCC1Cc2ccccc21. The van der Waals surface area contributed by atoms with Gasteiger partial charge in [0.2, 0.25) is 0 Å². The van der Waals surface area contributed by atoms with E-state index in [1.54, 1.807) is 0 Å². The molecule has 0 aliphatic heterocycles. The second-order valence-corrected chi connectivity index (χ2v) is 5.65. The molecule has 0 bridgehead atoms. The third kappa shape index (κ3) is 2.40. The molecule has 0 heterocycles. The van der Waals surface area contributed by atoms with Crippen LogP contribution in [-0.4, -0.2) is 11.7 Å². The van der Waals surface area contributed by atoms with Gasteiger partial charge in [0.25, 0.3) is 0 Å². The molecule has 1 aliphatic rings. The van der Waals surface area contributed by atoms with Gasteiger partial charge in [-0.3, -0.25) is 0 Å². The van der Waals surface area contributed by atoms with E-state index in [-0.39, 0.29) is 6.61 Å². The summed E-state index contributed by atoms with van der Waals surface area (Å²) in [5.41, 5.74) is 3.63. The zero-order valence-electron chi connectivity index (χ0n) is 10.5. The predicted molar refractivity (Wildman–Crippen MR) is 78.4 cm³/mol. The fourth-order valence-corrected chi connectivity index (χ4v) is 3.06. The fraction of sp³-hybridized carbons (Fsp3) is 0.250. The van der Waals surface area contributed by atoms with Crippen molar-refractivity contribution in [3.63, 3.8) is 0 Å². The summed E-state index contributed by atoms with van der Waals surface area (Å²) in [6.45, 7) is 0.655. The second kappa shape index (κ2) is 5.35. The molecule has 98 valence electrons. The van der Waals surface area contributed by atoms with Crippen molar-refractivity contribution in [2.24, 2.45) is 0 Å². The van der Waals surface area contributed by atoms with Gasteiger partial charge >= 0.3 is 0 Å². The van der Waals surface area contributed by atoms with E-state index in [0.717, 1.165) is 22.2 Å². The van der Waals surface area contributed by atoms with Crippen molar-refractivity contribution in [3.8, 4) is 5.75 Å². The molecule has 19 heavy (non-hydrogen) atoms. The molecule has 2 aromatic carbocycles. The number of para-hydroxylation sites is 1. The smallest absolute Gasteiger partial charge is 0.138 e. The lowest BCUT2D eigenvalue weighted by Gasteiger charge is -2.30. The van der Waals surface area contributed by atoms with Crippen molar-refractivity contribution in [2.75, 3.05) is 6.61 Å². The first-order valence-corrected chi connectivity index (χ1v) is 7.17. The molecule has 0 spiro atoms. The van der Waals surface area contributed by atoms with Crippen molar-refractivity contribution in [1.29, 1.82) is 0 Å². The van der Waals surface area contributed by atoms with Gasteiger partial charge in [0.15, 0.2) is 0 Å². The number of benzene rings is 2. The Morgan fingerprint density at radius 2 is 2.00 bits per heavy atom. The van der Waals surface area contributed by atoms with Crippen LogP contribution in [0.5, 0.6) is 5.75 Å². The fourth-order valence-electron chi connectivity index (χ4n) is 2.53. The summed E-state index contributed by atoms with van der Waals surface area (Å²) in [5, 5.41) is 9.34. The molecule has 0 amide bonds. The van der Waals surface area contributed by atoms with Crippen molar-refractivity contribution in [2.45, 2.75) is 18.9 Å². The van der Waals surface area contributed by atoms with Gasteiger partial charge < -0.3 is 9.84 Å². The van der Waals surface area contributed by atoms with Gasteiger partial charge in [-0.25, -0.2) is 0 Å². The maximum Gasteiger partial charge on any atom is 0.138 e. The average Bonchev–Trinajstić information content (AvgIpc) is 2.41. The molecule has 2 nitrogen and oxygen atoms in total. The van der Waals surface area contributed by atoms with Crippen LogP contribution in [0.3, 0.4) is 0 Å². The molecule has 1 N–H and O–H groups in total. The highest BCUT2D eigenvalue weighted by molar-refractivity contribution is 9.10. The van der Waals surface area contributed by atoms with E-state index in [1.807, 2.05) is 18.2 Å². The van der Waals surface area contributed by atoms with Gasteiger partial charge in [-0.05, 0) is 39.5 Å². The molecular weight excluding hydrogens is 304 g/mol. The van der Waals surface area contributed by atoms with Crippen molar-refractivity contribution >= 4 is 15.9 Å². The van der Waals surface area contributed by atoms with Crippen LogP contribution < -0.4 is 4.74 Å². The summed E-state index contributed by atoms with van der Waals surface area (Å²) in [5.74, 6) is 1.23. The van der Waals surface area contributed by atoms with Gasteiger partial charge in [0.05, 0.1) is 17.7 Å². The molecule has 0 saturated carbocycles. The van der Waals surface area contributed by atoms with Crippen LogP contribution in [0.15, 0.2) is 46.9 Å². The third-order valence-electron chi connectivity index (χ3n) is 3.61. The van der Waals surface area contributed by atoms with Crippen LogP contribution in [0, 0.1) is 0 Å². The van der Waals surface area contributed by atoms with Gasteiger partial charge in [0, 0.05) is 11.5 Å². The van der Waals surface area contributed by atoms with E-state index in [2.05, 4.69) is 40.2 Å². The van der Waals surface area contributed by atoms with Gasteiger partial charge in [-0.2, -0.15) is 0 Å². The first-order chi connectivity index (χ1) is 9.29. The zero-order valence-corrected chi connectivity index (χ0v) is 12.1. The van der Waals surface area contributed by atoms with Crippen molar-refractivity contribution in [1.82, 2.24) is 0 Å². The van der Waals surface area contributed by atoms with Crippen molar-refractivity contribution < 1.29 is 9.84 Å². The lowest BCUT2D eigenvalue weighted by molar-refractivity contribution is 0.247. The second-order valence-electron chi connectivity index (χ2n) is 4.80. The zero-order chi connectivity index (χ0) is 13.2. The monoisotopic (exact) mass is 318 g/mol. The van der Waals surface area contributed by atoms with Gasteiger partial charge in [-0.15, -0.1) is 0 Å². The Morgan fingerprint density at radius 3 is 2.79 bits per heavy atom. The standard InChI is InChI=1S/C16H15BrO2/c17-15-7-3-5-12(9-18)16(15)19-10-13-8-11-4-1-2-6-14(11)13/h1-7,13,18H,8-10H2. The predicted octanol–water partition coefficient (Wildman–Crippen LogP) is 3.66. The summed E-state index contributed by atoms with van der Waals surface area (Å²) in [4.78, 5) is 0. The van der Waals surface area contributed by atoms with Gasteiger partial charge in [0.1, 0.15) is 5.75 Å². The van der Waals surface area contributed by atoms with Crippen LogP contribution >= 0.6 is 15.9 Å². The van der Waals surface area contributed by atoms with E-state index >= 15 is 0 Å². The molecule has 3 heteroatoms. The number of halogens is 1. The summed E-state index contributed by atoms with van der Waals surface area (Å²) in [7, 11) is 0. The number of fused-ring (bicyclic) bond motifs is 1. The van der Waals surface area contributed by atoms with Crippen LogP contribution in [-0.2, 0) is 13.0 Å². The van der Waals surface area contributed by atoms with E-state index in [1.165, 1.54) is 11.1 Å². The quantitative estimate of drug-likeness (QED) is 0.932. The van der Waals surface area contributed by atoms with Crippen LogP contribution in [0.2, 0.25) is 0 Å². The number of aliphatic hydroxyl groups excluding tert-OH is 1. The Kier molecular flexibility index (Phi) is 3.58. The largest absolute Gasteiger partial charge is 0.491 e. The molecule has 1 atom stereocenters. The molecule has 1 aliphatic carbocycles. The van der Waals surface area contributed by atoms with E-state index in [9.17, 15) is 5.11 Å². The van der Waals surface area contributed by atoms with Crippen molar-refractivity contribution in [3.05, 3.63) is 63.6 Å². The average molecular weight is 319 g/mol. The summed E-state index contributed by atoms with van der Waals surface area (Å²) >= 11 is 3.47. The number of hydrogen-bond acceptors (Lipinski definition) is 2. The van der Waals surface area contributed by atoms with Crippen LogP contribution in [0.4, 0.5) is 0 Å². The number of rotatable bonds is 4. The molecule has 0 fully saturated rings. The molecule has 0 saturated heterocycles. The molecule has 3 rings (SSSR count). The van der Waals surface area contributed by atoms with Gasteiger partial charge in [-0.1, -0.05) is 36.4 Å². The molecule has 2 aromatic rings. The summed E-state index contributed by atoms with van der Waals surface area (Å²) in [6, 6.07) is 14.2. The number of hydrogen-bond donors (Lipinski definition) is 1. The third-order valence-corrected chi connectivity index (χ3v) is 4.23. The highest BCUT2D eigenvalue weighted by atomic mass is 79.9. The minimum atomic E-state index is -0.00394. The summed E-state index contributed by atoms with van der Waals surface area (Å²) < 4.78 is 6.81. The highest BCUT2D eigenvalue weighted by Crippen LogP contribution is 2.36. The molecule has 0 aromatic heterocycles. The number of aliphatic hydroxyl groups is 1. The minimum absolute atomic E-state index is 0.00394. The molecule has 0 radical (unpaired) electrons. The minimum Gasteiger partial charge on any atom is -0.491 e. The first kappa shape index (κ1) is 12.7. The van der Waals surface area contributed by atoms with Crippen LogP contribution in [0.25, 0.3) is 0 Å². The Balaban J connectivity index is 1.72. The topological polar surface area (TPSA) is 29.5 Å². The normalized spacial score (nSPS) is 16.6. The van der Waals surface area contributed by atoms with E-state index in [0.29, 0.717) is 12.5 Å². The van der Waals surface area contributed by atoms with E-state index < -0.39 is 0 Å². The Bertz CT molecular complexity index is 595. The summed E-state index contributed by atoms with van der Waals surface area (Å²) in [6.07, 6.45) is 1.08. The number of ether oxygens (including phenoxy) is 1. The first-order valence-electron chi connectivity index (χ1n) is 6.38. The maximum absolute atomic E-state index is 9.34. The Morgan fingerprint density at radius 1 is 1.16 bits per heavy atom. The lowest BCUT2D eigenvalue weighted by Crippen LogP contribution is -2.23. The highest BCUT2D eigenvalue weighted by Gasteiger charge is 2.26. The maximum atomic E-state index is 9.34. The lowest BCUT2D eigenvalue weighted by atomic mass is 9.78. The Labute approximate surface area is 121 Å².